The number of carbonyl (C=O) groups excluding carboxylic acids is 1. The molecule has 0 saturated heterocycles. The quantitative estimate of drug-likeness (QED) is 0.515. The molecule has 2 amide bonds. The summed E-state index contributed by atoms with van der Waals surface area (Å²) in [5.41, 5.74) is 3.18. The third-order valence-electron chi connectivity index (χ3n) is 5.32. The van der Waals surface area contributed by atoms with Gasteiger partial charge in [-0.25, -0.2) is 4.79 Å². The van der Waals surface area contributed by atoms with Gasteiger partial charge in [0, 0.05) is 19.8 Å². The maximum absolute atomic E-state index is 12.6. The van der Waals surface area contributed by atoms with Gasteiger partial charge in [0.25, 0.3) is 0 Å². The standard InChI is InChI=1S/C25H26N2O3S/c1-26-23(28)22(27(2)24(29)30)18-31-25(19-12-6-3-7-13-19,20-14-8-4-9-15-20)21-16-10-5-11-17-21/h3-17,22H,18H2,1-2H3,(H,26,28)(H,29,30). The number of amides is 2. The number of carboxylic acid groups (broad SMARTS) is 1. The smallest absolute Gasteiger partial charge is 0.407 e. The number of thioether (sulfide) groups is 1. The summed E-state index contributed by atoms with van der Waals surface area (Å²) >= 11 is 1.56. The van der Waals surface area contributed by atoms with Crippen LogP contribution in [-0.4, -0.2) is 47.9 Å². The first-order valence-corrected chi connectivity index (χ1v) is 11.0. The third kappa shape index (κ3) is 4.75. The van der Waals surface area contributed by atoms with E-state index < -0.39 is 16.9 Å². The molecule has 160 valence electrons. The van der Waals surface area contributed by atoms with Gasteiger partial charge in [-0.2, -0.15) is 0 Å². The summed E-state index contributed by atoms with van der Waals surface area (Å²) in [5.74, 6) is -0.0540. The number of carbonyl (C=O) groups is 2. The summed E-state index contributed by atoms with van der Waals surface area (Å²) < 4.78 is -0.616. The lowest BCUT2D eigenvalue weighted by Gasteiger charge is -2.37. The number of rotatable bonds is 8. The molecule has 0 saturated carbocycles. The Labute approximate surface area is 187 Å². The molecular weight excluding hydrogens is 408 g/mol. The van der Waals surface area contributed by atoms with Crippen molar-refractivity contribution in [3.8, 4) is 0 Å². The van der Waals surface area contributed by atoms with Gasteiger partial charge in [-0.3, -0.25) is 9.69 Å². The predicted molar refractivity (Wildman–Crippen MR) is 125 cm³/mol. The fourth-order valence-electron chi connectivity index (χ4n) is 3.64. The van der Waals surface area contributed by atoms with Crippen LogP contribution in [0.1, 0.15) is 16.7 Å². The summed E-state index contributed by atoms with van der Waals surface area (Å²) in [4.78, 5) is 25.3. The molecule has 0 aliphatic heterocycles. The first kappa shape index (κ1) is 22.4. The molecule has 0 fully saturated rings. The summed E-state index contributed by atoms with van der Waals surface area (Å²) in [6, 6.07) is 29.5. The molecule has 3 aromatic rings. The first-order chi connectivity index (χ1) is 15.0. The van der Waals surface area contributed by atoms with E-state index in [4.69, 9.17) is 0 Å². The second-order valence-corrected chi connectivity index (χ2v) is 8.35. The zero-order valence-corrected chi connectivity index (χ0v) is 18.4. The van der Waals surface area contributed by atoms with Gasteiger partial charge in [0.15, 0.2) is 0 Å². The monoisotopic (exact) mass is 434 g/mol. The zero-order chi connectivity index (χ0) is 22.3. The highest BCUT2D eigenvalue weighted by Crippen LogP contribution is 2.48. The highest BCUT2D eigenvalue weighted by atomic mass is 32.2. The fourth-order valence-corrected chi connectivity index (χ4v) is 5.33. The van der Waals surface area contributed by atoms with Gasteiger partial charge in [-0.05, 0) is 16.7 Å². The molecule has 0 bridgehead atoms. The summed E-state index contributed by atoms with van der Waals surface area (Å²) in [6.07, 6.45) is -1.14. The zero-order valence-electron chi connectivity index (χ0n) is 17.6. The Balaban J connectivity index is 2.16. The minimum Gasteiger partial charge on any atom is -0.465 e. The maximum atomic E-state index is 12.6. The number of benzene rings is 3. The van der Waals surface area contributed by atoms with E-state index >= 15 is 0 Å². The Morgan fingerprint density at radius 3 is 1.58 bits per heavy atom. The van der Waals surface area contributed by atoms with Crippen LogP contribution in [0.5, 0.6) is 0 Å². The minimum atomic E-state index is -1.14. The van der Waals surface area contributed by atoms with Crippen LogP contribution in [-0.2, 0) is 9.54 Å². The van der Waals surface area contributed by atoms with Gasteiger partial charge in [0.1, 0.15) is 6.04 Å². The van der Waals surface area contributed by atoms with Crippen molar-refractivity contribution in [2.45, 2.75) is 10.8 Å². The lowest BCUT2D eigenvalue weighted by atomic mass is 9.84. The molecule has 3 aromatic carbocycles. The Morgan fingerprint density at radius 1 is 0.871 bits per heavy atom. The number of hydrogen-bond acceptors (Lipinski definition) is 3. The Hall–Kier alpha value is -3.25. The molecule has 31 heavy (non-hydrogen) atoms. The molecule has 1 unspecified atom stereocenters. The summed E-state index contributed by atoms with van der Waals surface area (Å²) in [6.45, 7) is 0. The summed E-state index contributed by atoms with van der Waals surface area (Å²) in [7, 11) is 2.95. The van der Waals surface area contributed by atoms with Crippen molar-refractivity contribution in [2.24, 2.45) is 0 Å². The van der Waals surface area contributed by atoms with Gasteiger partial charge >= 0.3 is 6.09 Å². The molecule has 0 spiro atoms. The van der Waals surface area contributed by atoms with Crippen LogP contribution in [0.2, 0.25) is 0 Å². The minimum absolute atomic E-state index is 0.279. The topological polar surface area (TPSA) is 69.6 Å². The van der Waals surface area contributed by atoms with Crippen LogP contribution in [0.4, 0.5) is 4.79 Å². The molecule has 6 heteroatoms. The molecule has 0 aromatic heterocycles. The van der Waals surface area contributed by atoms with E-state index in [1.165, 1.54) is 14.1 Å². The average molecular weight is 435 g/mol. The molecule has 0 aliphatic carbocycles. The largest absolute Gasteiger partial charge is 0.465 e. The van der Waals surface area contributed by atoms with Crippen LogP contribution >= 0.6 is 11.8 Å². The normalized spacial score (nSPS) is 12.1. The highest BCUT2D eigenvalue weighted by Gasteiger charge is 2.39. The SMILES string of the molecule is CNC(=O)C(CSC(c1ccccc1)(c1ccccc1)c1ccccc1)N(C)C(=O)O. The van der Waals surface area contributed by atoms with Crippen LogP contribution < -0.4 is 5.32 Å². The molecule has 2 N–H and O–H groups in total. The third-order valence-corrected chi connectivity index (χ3v) is 6.94. The van der Waals surface area contributed by atoms with Crippen molar-refractivity contribution in [1.29, 1.82) is 0 Å². The van der Waals surface area contributed by atoms with E-state index in [9.17, 15) is 14.7 Å². The number of nitrogens with zero attached hydrogens (tertiary/aromatic N) is 1. The number of likely N-dealkylation sites (N-methyl/N-ethyl adjacent to an activating group) is 2. The Kier molecular flexibility index (Phi) is 7.36. The van der Waals surface area contributed by atoms with Crippen molar-refractivity contribution < 1.29 is 14.7 Å². The molecule has 0 heterocycles. The van der Waals surface area contributed by atoms with E-state index in [0.29, 0.717) is 0 Å². The number of nitrogens with one attached hydrogen (secondary N) is 1. The fraction of sp³-hybridized carbons (Fsp3) is 0.200. The van der Waals surface area contributed by atoms with Crippen molar-refractivity contribution in [2.75, 3.05) is 19.8 Å². The van der Waals surface area contributed by atoms with E-state index in [1.807, 2.05) is 54.6 Å². The van der Waals surface area contributed by atoms with Crippen LogP contribution in [0.3, 0.4) is 0 Å². The molecular formula is C25H26N2O3S. The highest BCUT2D eigenvalue weighted by molar-refractivity contribution is 8.00. The summed E-state index contributed by atoms with van der Waals surface area (Å²) in [5, 5.41) is 12.1. The molecule has 1 atom stereocenters. The predicted octanol–water partition coefficient (Wildman–Crippen LogP) is 4.44. The van der Waals surface area contributed by atoms with E-state index in [-0.39, 0.29) is 11.7 Å². The van der Waals surface area contributed by atoms with Gasteiger partial charge in [0.05, 0.1) is 4.75 Å². The molecule has 0 aliphatic rings. The first-order valence-electron chi connectivity index (χ1n) is 9.98. The molecule has 3 rings (SSSR count). The van der Waals surface area contributed by atoms with Gasteiger partial charge in [-0.15, -0.1) is 11.8 Å². The van der Waals surface area contributed by atoms with Crippen molar-refractivity contribution in [3.63, 3.8) is 0 Å². The van der Waals surface area contributed by atoms with Gasteiger partial charge < -0.3 is 10.4 Å². The van der Waals surface area contributed by atoms with Crippen molar-refractivity contribution in [1.82, 2.24) is 10.2 Å². The second-order valence-electron chi connectivity index (χ2n) is 7.11. The number of hydrogen-bond donors (Lipinski definition) is 2. The molecule has 0 radical (unpaired) electrons. The Bertz CT molecular complexity index is 900. The lowest BCUT2D eigenvalue weighted by Crippen LogP contribution is -2.48. The van der Waals surface area contributed by atoms with Crippen molar-refractivity contribution in [3.05, 3.63) is 108 Å². The Morgan fingerprint density at radius 2 is 1.26 bits per heavy atom. The van der Waals surface area contributed by atoms with E-state index in [0.717, 1.165) is 21.6 Å². The second kappa shape index (κ2) is 10.2. The maximum Gasteiger partial charge on any atom is 0.407 e. The lowest BCUT2D eigenvalue weighted by molar-refractivity contribution is -0.124. The van der Waals surface area contributed by atoms with Crippen LogP contribution in [0, 0.1) is 0 Å². The van der Waals surface area contributed by atoms with Crippen molar-refractivity contribution >= 4 is 23.8 Å². The van der Waals surface area contributed by atoms with Crippen LogP contribution in [0.15, 0.2) is 91.0 Å². The van der Waals surface area contributed by atoms with Gasteiger partial charge in [0.2, 0.25) is 5.91 Å². The van der Waals surface area contributed by atoms with E-state index in [1.54, 1.807) is 11.8 Å². The average Bonchev–Trinajstić information content (AvgIpc) is 2.83. The van der Waals surface area contributed by atoms with Crippen LogP contribution in [0.25, 0.3) is 0 Å². The van der Waals surface area contributed by atoms with E-state index in [2.05, 4.69) is 41.7 Å². The molecule has 5 nitrogen and oxygen atoms in total. The van der Waals surface area contributed by atoms with Gasteiger partial charge in [-0.1, -0.05) is 91.0 Å².